The van der Waals surface area contributed by atoms with Crippen molar-refractivity contribution in [2.75, 3.05) is 38.8 Å². The van der Waals surface area contributed by atoms with Crippen molar-refractivity contribution in [1.29, 1.82) is 0 Å². The van der Waals surface area contributed by atoms with Crippen molar-refractivity contribution in [3.63, 3.8) is 0 Å². The number of carboxylic acid groups (broad SMARTS) is 1. The van der Waals surface area contributed by atoms with Crippen LogP contribution in [0.25, 0.3) is 0 Å². The first-order valence-electron chi connectivity index (χ1n) is 8.62. The molecule has 9 heteroatoms. The van der Waals surface area contributed by atoms with Crippen molar-refractivity contribution in [1.82, 2.24) is 15.1 Å². The van der Waals surface area contributed by atoms with Crippen LogP contribution in [0.5, 0.6) is 5.75 Å². The summed E-state index contributed by atoms with van der Waals surface area (Å²) in [4.78, 5) is 39.0. The first kappa shape index (κ1) is 20.9. The SMILES string of the molecule is COc1ccc(CN2CCN(C(=O)N[C@@H](CCSC)C(=O)O)CC2=O)cc1. The number of rotatable bonds is 8. The minimum atomic E-state index is -1.07. The van der Waals surface area contributed by atoms with E-state index in [-0.39, 0.29) is 12.5 Å². The zero-order valence-electron chi connectivity index (χ0n) is 15.5. The number of nitrogens with zero attached hydrogens (tertiary/aromatic N) is 2. The molecule has 1 atom stereocenters. The summed E-state index contributed by atoms with van der Waals surface area (Å²) in [5, 5.41) is 11.7. The van der Waals surface area contributed by atoms with Crippen LogP contribution in [0.2, 0.25) is 0 Å². The maximum absolute atomic E-state index is 12.4. The minimum Gasteiger partial charge on any atom is -0.497 e. The van der Waals surface area contributed by atoms with Crippen LogP contribution < -0.4 is 10.1 Å². The molecule has 3 amide bonds. The number of benzene rings is 1. The lowest BCUT2D eigenvalue weighted by Crippen LogP contribution is -2.56. The third kappa shape index (κ3) is 6.06. The Morgan fingerprint density at radius 1 is 1.30 bits per heavy atom. The Morgan fingerprint density at radius 3 is 2.56 bits per heavy atom. The number of carbonyl (C=O) groups is 3. The van der Waals surface area contributed by atoms with E-state index in [1.54, 1.807) is 12.0 Å². The number of hydrogen-bond donors (Lipinski definition) is 2. The van der Waals surface area contributed by atoms with Crippen LogP contribution in [0.3, 0.4) is 0 Å². The molecule has 0 bridgehead atoms. The highest BCUT2D eigenvalue weighted by atomic mass is 32.2. The zero-order chi connectivity index (χ0) is 19.8. The van der Waals surface area contributed by atoms with Gasteiger partial charge in [-0.3, -0.25) is 4.79 Å². The van der Waals surface area contributed by atoms with Crippen molar-refractivity contribution in [2.45, 2.75) is 19.0 Å². The van der Waals surface area contributed by atoms with Crippen LogP contribution in [0, 0.1) is 0 Å². The highest BCUT2D eigenvalue weighted by Gasteiger charge is 2.29. The van der Waals surface area contributed by atoms with Crippen molar-refractivity contribution in [3.8, 4) is 5.75 Å². The molecule has 1 aromatic carbocycles. The summed E-state index contributed by atoms with van der Waals surface area (Å²) in [7, 11) is 1.60. The van der Waals surface area contributed by atoms with Gasteiger partial charge in [0.1, 0.15) is 18.3 Å². The van der Waals surface area contributed by atoms with Gasteiger partial charge in [0, 0.05) is 19.6 Å². The molecular weight excluding hydrogens is 370 g/mol. The summed E-state index contributed by atoms with van der Waals surface area (Å²) in [5.41, 5.74) is 0.977. The lowest BCUT2D eigenvalue weighted by molar-refractivity contribution is -0.139. The van der Waals surface area contributed by atoms with Gasteiger partial charge in [0.15, 0.2) is 0 Å². The van der Waals surface area contributed by atoms with E-state index in [4.69, 9.17) is 4.74 Å². The molecule has 1 saturated heterocycles. The first-order valence-corrected chi connectivity index (χ1v) is 10.0. The van der Waals surface area contributed by atoms with E-state index in [9.17, 15) is 19.5 Å². The highest BCUT2D eigenvalue weighted by Crippen LogP contribution is 2.15. The maximum atomic E-state index is 12.4. The van der Waals surface area contributed by atoms with Crippen LogP contribution in [-0.2, 0) is 16.1 Å². The predicted molar refractivity (Wildman–Crippen MR) is 103 cm³/mol. The van der Waals surface area contributed by atoms with Crippen molar-refractivity contribution >= 4 is 29.7 Å². The van der Waals surface area contributed by atoms with Gasteiger partial charge in [-0.2, -0.15) is 11.8 Å². The number of thioether (sulfide) groups is 1. The van der Waals surface area contributed by atoms with Crippen molar-refractivity contribution in [2.24, 2.45) is 0 Å². The molecule has 1 fully saturated rings. The highest BCUT2D eigenvalue weighted by molar-refractivity contribution is 7.98. The van der Waals surface area contributed by atoms with Crippen molar-refractivity contribution in [3.05, 3.63) is 29.8 Å². The monoisotopic (exact) mass is 395 g/mol. The maximum Gasteiger partial charge on any atom is 0.326 e. The predicted octanol–water partition coefficient (Wildman–Crippen LogP) is 1.26. The molecule has 1 heterocycles. The molecule has 1 aromatic rings. The van der Waals surface area contributed by atoms with Crippen LogP contribution in [-0.4, -0.2) is 77.6 Å². The molecule has 0 spiro atoms. The van der Waals surface area contributed by atoms with Gasteiger partial charge in [0.05, 0.1) is 7.11 Å². The van der Waals surface area contributed by atoms with Crippen LogP contribution in [0.4, 0.5) is 4.79 Å². The zero-order valence-corrected chi connectivity index (χ0v) is 16.3. The molecule has 148 valence electrons. The quantitative estimate of drug-likeness (QED) is 0.687. The largest absolute Gasteiger partial charge is 0.497 e. The summed E-state index contributed by atoms with van der Waals surface area (Å²) in [6.45, 7) is 1.17. The van der Waals surface area contributed by atoms with Gasteiger partial charge >= 0.3 is 12.0 Å². The minimum absolute atomic E-state index is 0.0587. The Hall–Kier alpha value is -2.42. The fourth-order valence-electron chi connectivity index (χ4n) is 2.73. The molecule has 0 saturated carbocycles. The Balaban J connectivity index is 1.88. The summed E-state index contributed by atoms with van der Waals surface area (Å²) >= 11 is 1.52. The molecule has 8 nitrogen and oxygen atoms in total. The molecule has 2 rings (SSSR count). The summed E-state index contributed by atoms with van der Waals surface area (Å²) in [6.07, 6.45) is 2.22. The Labute approximate surface area is 162 Å². The molecular formula is C18H25N3O5S. The second-order valence-corrected chi connectivity index (χ2v) is 7.19. The summed E-state index contributed by atoms with van der Waals surface area (Å²) in [6, 6.07) is 6.01. The lowest BCUT2D eigenvalue weighted by Gasteiger charge is -2.35. The van der Waals surface area contributed by atoms with E-state index in [0.717, 1.165) is 11.3 Å². The number of hydrogen-bond acceptors (Lipinski definition) is 5. The number of amides is 3. The van der Waals surface area contributed by atoms with E-state index in [1.165, 1.54) is 16.7 Å². The van der Waals surface area contributed by atoms with E-state index in [1.807, 2.05) is 30.5 Å². The molecule has 1 aliphatic heterocycles. The van der Waals surface area contributed by atoms with E-state index in [2.05, 4.69) is 5.32 Å². The normalized spacial score (nSPS) is 15.4. The third-order valence-electron chi connectivity index (χ3n) is 4.34. The fraction of sp³-hybridized carbons (Fsp3) is 0.500. The fourth-order valence-corrected chi connectivity index (χ4v) is 3.21. The molecule has 0 radical (unpaired) electrons. The number of urea groups is 1. The average Bonchev–Trinajstić information content (AvgIpc) is 2.66. The molecule has 1 aliphatic rings. The summed E-state index contributed by atoms with van der Waals surface area (Å²) < 4.78 is 5.12. The van der Waals surface area contributed by atoms with Crippen LogP contribution in [0.1, 0.15) is 12.0 Å². The molecule has 0 aromatic heterocycles. The Bertz CT molecular complexity index is 667. The lowest BCUT2D eigenvalue weighted by atomic mass is 10.2. The summed E-state index contributed by atoms with van der Waals surface area (Å²) in [5.74, 6) is 0.150. The molecule has 2 N–H and O–H groups in total. The van der Waals surface area contributed by atoms with E-state index >= 15 is 0 Å². The number of ether oxygens (including phenoxy) is 1. The van der Waals surface area contributed by atoms with E-state index in [0.29, 0.717) is 31.8 Å². The second-order valence-electron chi connectivity index (χ2n) is 6.21. The average molecular weight is 395 g/mol. The third-order valence-corrected chi connectivity index (χ3v) is 4.99. The first-order chi connectivity index (χ1) is 12.9. The van der Waals surface area contributed by atoms with Crippen LogP contribution in [0.15, 0.2) is 24.3 Å². The van der Waals surface area contributed by atoms with Gasteiger partial charge in [0.25, 0.3) is 0 Å². The van der Waals surface area contributed by atoms with Gasteiger partial charge in [-0.1, -0.05) is 12.1 Å². The number of aliphatic carboxylic acids is 1. The molecule has 27 heavy (non-hydrogen) atoms. The van der Waals surface area contributed by atoms with Gasteiger partial charge < -0.3 is 25.0 Å². The Morgan fingerprint density at radius 2 is 2.00 bits per heavy atom. The molecule has 0 unspecified atom stereocenters. The smallest absolute Gasteiger partial charge is 0.326 e. The van der Waals surface area contributed by atoms with Crippen molar-refractivity contribution < 1.29 is 24.2 Å². The van der Waals surface area contributed by atoms with Gasteiger partial charge in [-0.05, 0) is 36.1 Å². The number of carbonyl (C=O) groups excluding carboxylic acids is 2. The second kappa shape index (κ2) is 10.1. The number of nitrogens with one attached hydrogen (secondary N) is 1. The molecule has 0 aliphatic carbocycles. The van der Waals surface area contributed by atoms with Gasteiger partial charge in [-0.25, -0.2) is 9.59 Å². The number of piperazine rings is 1. The van der Waals surface area contributed by atoms with Gasteiger partial charge in [-0.15, -0.1) is 0 Å². The van der Waals surface area contributed by atoms with Crippen LogP contribution >= 0.6 is 11.8 Å². The van der Waals surface area contributed by atoms with E-state index < -0.39 is 18.0 Å². The topological polar surface area (TPSA) is 99.2 Å². The number of carboxylic acids is 1. The van der Waals surface area contributed by atoms with Gasteiger partial charge in [0.2, 0.25) is 5.91 Å². The number of methoxy groups -OCH3 is 1. The Kier molecular flexibility index (Phi) is 7.78. The standard InChI is InChI=1S/C18H25N3O5S/c1-26-14-5-3-13(4-6-14)11-20-8-9-21(12-16(20)22)18(25)19-15(17(23)24)7-10-27-2/h3-6,15H,7-12H2,1-2H3,(H,19,25)(H,23,24)/t15-/m0/s1.